The van der Waals surface area contributed by atoms with Gasteiger partial charge in [0.1, 0.15) is 11.5 Å². The highest BCUT2D eigenvalue weighted by Gasteiger charge is 2.24. The summed E-state index contributed by atoms with van der Waals surface area (Å²) in [6.45, 7) is 1.71. The van der Waals surface area contributed by atoms with Crippen LogP contribution in [-0.4, -0.2) is 67.5 Å². The van der Waals surface area contributed by atoms with E-state index in [0.29, 0.717) is 37.7 Å². The van der Waals surface area contributed by atoms with Crippen LogP contribution in [0, 0.1) is 0 Å². The van der Waals surface area contributed by atoms with Crippen molar-refractivity contribution in [3.05, 3.63) is 24.3 Å². The van der Waals surface area contributed by atoms with Gasteiger partial charge in [-0.1, -0.05) is 0 Å². The fraction of sp³-hybridized carbons (Fsp3) is 0.500. The van der Waals surface area contributed by atoms with E-state index >= 15 is 0 Å². The Kier molecular flexibility index (Phi) is 7.25. The van der Waals surface area contributed by atoms with Gasteiger partial charge in [0.15, 0.2) is 6.61 Å². The standard InChI is InChI=1S/C18H24N2O6/c1-25-14-5-7-15(8-6-14)26-13-17(22)20-11-9-19(10-12-20)16(21)3-2-4-18(23)24/h5-8H,2-4,9-13H2,1H3,(H,23,24)/p-1. The van der Waals surface area contributed by atoms with Crippen LogP contribution in [0.3, 0.4) is 0 Å². The number of methoxy groups -OCH3 is 1. The number of hydrogen-bond acceptors (Lipinski definition) is 6. The van der Waals surface area contributed by atoms with Gasteiger partial charge >= 0.3 is 0 Å². The molecule has 0 saturated carbocycles. The van der Waals surface area contributed by atoms with Crippen LogP contribution in [0.25, 0.3) is 0 Å². The second-order valence-electron chi connectivity index (χ2n) is 5.95. The monoisotopic (exact) mass is 363 g/mol. The van der Waals surface area contributed by atoms with Crippen molar-refractivity contribution in [1.29, 1.82) is 0 Å². The van der Waals surface area contributed by atoms with E-state index in [9.17, 15) is 19.5 Å². The van der Waals surface area contributed by atoms with E-state index in [1.54, 1.807) is 41.2 Å². The summed E-state index contributed by atoms with van der Waals surface area (Å²) >= 11 is 0. The maximum absolute atomic E-state index is 12.2. The number of benzene rings is 1. The molecule has 1 saturated heterocycles. The van der Waals surface area contributed by atoms with Gasteiger partial charge in [0, 0.05) is 38.6 Å². The minimum Gasteiger partial charge on any atom is -0.550 e. The van der Waals surface area contributed by atoms with Gasteiger partial charge in [-0.05, 0) is 37.1 Å². The number of piperazine rings is 1. The molecule has 2 amide bonds. The summed E-state index contributed by atoms with van der Waals surface area (Å²) in [5.41, 5.74) is 0. The van der Waals surface area contributed by atoms with Gasteiger partial charge in [-0.15, -0.1) is 0 Å². The Balaban J connectivity index is 1.70. The highest BCUT2D eigenvalue weighted by atomic mass is 16.5. The lowest BCUT2D eigenvalue weighted by Gasteiger charge is -2.34. The molecule has 0 bridgehead atoms. The smallest absolute Gasteiger partial charge is 0.260 e. The van der Waals surface area contributed by atoms with Crippen LogP contribution in [0.15, 0.2) is 24.3 Å². The van der Waals surface area contributed by atoms with Crippen LogP contribution < -0.4 is 14.6 Å². The van der Waals surface area contributed by atoms with Crippen molar-refractivity contribution < 1.29 is 29.0 Å². The Morgan fingerprint density at radius 2 is 1.46 bits per heavy atom. The molecular weight excluding hydrogens is 340 g/mol. The molecule has 8 heteroatoms. The number of ether oxygens (including phenoxy) is 2. The molecule has 8 nitrogen and oxygen atoms in total. The van der Waals surface area contributed by atoms with E-state index in [2.05, 4.69) is 0 Å². The van der Waals surface area contributed by atoms with Crippen molar-refractivity contribution in [2.75, 3.05) is 39.9 Å². The molecule has 26 heavy (non-hydrogen) atoms. The third-order valence-electron chi connectivity index (χ3n) is 4.18. The molecule has 0 aromatic heterocycles. The van der Waals surface area contributed by atoms with Gasteiger partial charge < -0.3 is 29.2 Å². The summed E-state index contributed by atoms with van der Waals surface area (Å²) in [6.07, 6.45) is 0.339. The van der Waals surface area contributed by atoms with Crippen LogP contribution in [-0.2, 0) is 14.4 Å². The molecule has 142 valence electrons. The van der Waals surface area contributed by atoms with Crippen molar-refractivity contribution in [2.45, 2.75) is 19.3 Å². The molecule has 0 atom stereocenters. The van der Waals surface area contributed by atoms with Crippen molar-refractivity contribution in [2.24, 2.45) is 0 Å². The lowest BCUT2D eigenvalue weighted by Crippen LogP contribution is -2.51. The molecule has 0 unspecified atom stereocenters. The number of carboxylic acids is 1. The summed E-state index contributed by atoms with van der Waals surface area (Å²) in [4.78, 5) is 37.9. The maximum atomic E-state index is 12.2. The zero-order chi connectivity index (χ0) is 18.9. The van der Waals surface area contributed by atoms with Gasteiger partial charge in [0.2, 0.25) is 5.91 Å². The van der Waals surface area contributed by atoms with Gasteiger partial charge in [0.05, 0.1) is 7.11 Å². The summed E-state index contributed by atoms with van der Waals surface area (Å²) in [6, 6.07) is 6.97. The Hall–Kier alpha value is -2.77. The third kappa shape index (κ3) is 5.94. The normalized spacial score (nSPS) is 14.0. The first-order valence-corrected chi connectivity index (χ1v) is 8.52. The predicted octanol–water partition coefficient (Wildman–Crippen LogP) is -0.335. The van der Waals surface area contributed by atoms with E-state index in [0.717, 1.165) is 0 Å². The number of carbonyl (C=O) groups excluding carboxylic acids is 3. The average Bonchev–Trinajstić information content (AvgIpc) is 2.66. The van der Waals surface area contributed by atoms with Gasteiger partial charge in [-0.25, -0.2) is 0 Å². The lowest BCUT2D eigenvalue weighted by molar-refractivity contribution is -0.305. The zero-order valence-corrected chi connectivity index (χ0v) is 14.8. The van der Waals surface area contributed by atoms with Gasteiger partial charge in [-0.3, -0.25) is 9.59 Å². The lowest BCUT2D eigenvalue weighted by atomic mass is 10.2. The van der Waals surface area contributed by atoms with E-state index in [1.165, 1.54) is 0 Å². The maximum Gasteiger partial charge on any atom is 0.260 e. The second-order valence-corrected chi connectivity index (χ2v) is 5.95. The van der Waals surface area contributed by atoms with Gasteiger partial charge in [-0.2, -0.15) is 0 Å². The fourth-order valence-corrected chi connectivity index (χ4v) is 2.66. The number of carbonyl (C=O) groups is 3. The topological polar surface area (TPSA) is 99.2 Å². The Labute approximate surface area is 152 Å². The average molecular weight is 363 g/mol. The van der Waals surface area contributed by atoms with E-state index in [4.69, 9.17) is 9.47 Å². The van der Waals surface area contributed by atoms with E-state index < -0.39 is 5.97 Å². The number of amides is 2. The molecule has 1 aliphatic heterocycles. The summed E-state index contributed by atoms with van der Waals surface area (Å²) in [5.74, 6) is -0.0762. The highest BCUT2D eigenvalue weighted by molar-refractivity contribution is 5.79. The SMILES string of the molecule is COc1ccc(OCC(=O)N2CCN(C(=O)CCCC(=O)[O-])CC2)cc1. The highest BCUT2D eigenvalue weighted by Crippen LogP contribution is 2.17. The van der Waals surface area contributed by atoms with Crippen LogP contribution in [0.2, 0.25) is 0 Å². The molecule has 0 radical (unpaired) electrons. The Morgan fingerprint density at radius 1 is 0.923 bits per heavy atom. The van der Waals surface area contributed by atoms with Crippen molar-refractivity contribution in [3.63, 3.8) is 0 Å². The number of rotatable bonds is 8. The minimum absolute atomic E-state index is 0.0636. The van der Waals surface area contributed by atoms with Gasteiger partial charge in [0.25, 0.3) is 5.91 Å². The minimum atomic E-state index is -1.15. The zero-order valence-electron chi connectivity index (χ0n) is 14.8. The fourth-order valence-electron chi connectivity index (χ4n) is 2.66. The molecule has 1 aromatic rings. The molecule has 0 N–H and O–H groups in total. The summed E-state index contributed by atoms with van der Waals surface area (Å²) < 4.78 is 10.5. The molecule has 1 aromatic carbocycles. The van der Waals surface area contributed by atoms with Crippen LogP contribution >= 0.6 is 0 Å². The molecule has 2 rings (SSSR count). The van der Waals surface area contributed by atoms with E-state index in [-0.39, 0.29) is 37.7 Å². The summed E-state index contributed by atoms with van der Waals surface area (Å²) in [5, 5.41) is 10.4. The summed E-state index contributed by atoms with van der Waals surface area (Å²) in [7, 11) is 1.58. The molecule has 1 aliphatic rings. The predicted molar refractivity (Wildman–Crippen MR) is 90.5 cm³/mol. The number of nitrogens with zero attached hydrogens (tertiary/aromatic N) is 2. The molecule has 0 spiro atoms. The number of hydrogen-bond donors (Lipinski definition) is 0. The van der Waals surface area contributed by atoms with Crippen molar-refractivity contribution in [3.8, 4) is 11.5 Å². The van der Waals surface area contributed by atoms with Crippen molar-refractivity contribution >= 4 is 17.8 Å². The first-order valence-electron chi connectivity index (χ1n) is 8.52. The largest absolute Gasteiger partial charge is 0.550 e. The van der Waals surface area contributed by atoms with E-state index in [1.807, 2.05) is 0 Å². The van der Waals surface area contributed by atoms with Crippen LogP contribution in [0.5, 0.6) is 11.5 Å². The van der Waals surface area contributed by atoms with Crippen LogP contribution in [0.1, 0.15) is 19.3 Å². The second kappa shape index (κ2) is 9.65. The molecular formula is C18H23N2O6-. The molecule has 1 fully saturated rings. The first-order chi connectivity index (χ1) is 12.5. The number of carboxylic acid groups (broad SMARTS) is 1. The Morgan fingerprint density at radius 3 is 2.00 bits per heavy atom. The van der Waals surface area contributed by atoms with Crippen molar-refractivity contribution in [1.82, 2.24) is 9.80 Å². The quantitative estimate of drug-likeness (QED) is 0.627. The first kappa shape index (κ1) is 19.6. The Bertz CT molecular complexity index is 623. The molecule has 1 heterocycles. The van der Waals surface area contributed by atoms with Crippen LogP contribution in [0.4, 0.5) is 0 Å². The third-order valence-corrected chi connectivity index (χ3v) is 4.18. The number of aliphatic carboxylic acids is 1. The molecule has 0 aliphatic carbocycles.